The number of ether oxygens (including phenoxy) is 1. The van der Waals surface area contributed by atoms with E-state index in [9.17, 15) is 14.3 Å². The number of methoxy groups -OCH3 is 1. The lowest BCUT2D eigenvalue weighted by Crippen LogP contribution is -2.58. The molecule has 1 aromatic carbocycles. The summed E-state index contributed by atoms with van der Waals surface area (Å²) in [5.41, 5.74) is -0.987. The lowest BCUT2D eigenvalue weighted by molar-refractivity contribution is -0.160. The van der Waals surface area contributed by atoms with Gasteiger partial charge in [-0.05, 0) is 50.6 Å². The zero-order valence-corrected chi connectivity index (χ0v) is 15.3. The molecule has 0 radical (unpaired) electrons. The largest absolute Gasteiger partial charge is 0.497 e. The molecule has 1 aromatic rings. The Morgan fingerprint density at radius 1 is 1.27 bits per heavy atom. The summed E-state index contributed by atoms with van der Waals surface area (Å²) >= 11 is 0. The number of nitrogens with zero attached hydrogens (tertiary/aromatic N) is 2. The topological polar surface area (TPSA) is 65.0 Å². The van der Waals surface area contributed by atoms with Crippen LogP contribution >= 0.6 is 0 Å². The molecule has 2 saturated heterocycles. The summed E-state index contributed by atoms with van der Waals surface area (Å²) in [5, 5.41) is 14.4. The quantitative estimate of drug-likeness (QED) is 0.815. The molecule has 26 heavy (non-hydrogen) atoms. The highest BCUT2D eigenvalue weighted by molar-refractivity contribution is 5.86. The Kier molecular flexibility index (Phi) is 6.11. The Bertz CT molecular complexity index is 634. The van der Waals surface area contributed by atoms with Crippen LogP contribution in [0.15, 0.2) is 18.2 Å². The van der Waals surface area contributed by atoms with E-state index in [4.69, 9.17) is 4.74 Å². The highest BCUT2D eigenvalue weighted by Gasteiger charge is 2.43. The second-order valence-electron chi connectivity index (χ2n) is 7.20. The van der Waals surface area contributed by atoms with E-state index in [2.05, 4.69) is 10.2 Å². The summed E-state index contributed by atoms with van der Waals surface area (Å²) in [6, 6.07) is 4.51. The molecule has 0 aromatic heterocycles. The first-order chi connectivity index (χ1) is 12.5. The first-order valence-electron chi connectivity index (χ1n) is 9.29. The molecule has 0 bridgehead atoms. The van der Waals surface area contributed by atoms with Crippen LogP contribution in [0.5, 0.6) is 5.75 Å². The zero-order chi connectivity index (χ0) is 18.6. The molecule has 1 atom stereocenters. The molecule has 2 N–H and O–H groups in total. The maximum Gasteiger partial charge on any atom is 0.256 e. The number of piperidine rings is 1. The normalized spacial score (nSPS) is 25.2. The maximum absolute atomic E-state index is 14.1. The average Bonchev–Trinajstić information content (AvgIpc) is 2.89. The molecule has 0 unspecified atom stereocenters. The van der Waals surface area contributed by atoms with Crippen LogP contribution in [0.2, 0.25) is 0 Å². The average molecular weight is 365 g/mol. The zero-order valence-electron chi connectivity index (χ0n) is 15.3. The summed E-state index contributed by atoms with van der Waals surface area (Å²) in [5.74, 6) is -0.118. The van der Waals surface area contributed by atoms with Gasteiger partial charge in [-0.2, -0.15) is 0 Å². The predicted molar refractivity (Wildman–Crippen MR) is 96.5 cm³/mol. The summed E-state index contributed by atoms with van der Waals surface area (Å²) in [6.45, 7) is 4.52. The third-order valence-corrected chi connectivity index (χ3v) is 5.24. The fourth-order valence-corrected chi connectivity index (χ4v) is 3.80. The molecule has 2 aliphatic rings. The molecule has 144 valence electrons. The van der Waals surface area contributed by atoms with Crippen molar-refractivity contribution in [1.29, 1.82) is 0 Å². The molecule has 1 amide bonds. The van der Waals surface area contributed by atoms with Gasteiger partial charge in [-0.15, -0.1) is 0 Å². The van der Waals surface area contributed by atoms with Crippen LogP contribution in [0.4, 0.5) is 4.39 Å². The van der Waals surface area contributed by atoms with E-state index < -0.39 is 5.60 Å². The monoisotopic (exact) mass is 365 g/mol. The Hall–Kier alpha value is -1.70. The number of β-amino-alcohol motifs (C(OH)–C–C–N with tert-alkyl or cyclic N) is 1. The Balaban J connectivity index is 1.70. The number of hydrogen-bond donors (Lipinski definition) is 2. The van der Waals surface area contributed by atoms with Crippen molar-refractivity contribution in [2.24, 2.45) is 0 Å². The summed E-state index contributed by atoms with van der Waals surface area (Å²) in [4.78, 5) is 16.7. The van der Waals surface area contributed by atoms with Gasteiger partial charge < -0.3 is 20.1 Å². The number of halogens is 1. The van der Waals surface area contributed by atoms with Gasteiger partial charge in [0.05, 0.1) is 7.11 Å². The van der Waals surface area contributed by atoms with Crippen molar-refractivity contribution in [2.45, 2.75) is 31.4 Å². The number of benzene rings is 1. The Labute approximate surface area is 153 Å². The minimum Gasteiger partial charge on any atom is -0.497 e. The lowest BCUT2D eigenvalue weighted by Gasteiger charge is -2.40. The van der Waals surface area contributed by atoms with E-state index in [1.54, 1.807) is 17.0 Å². The van der Waals surface area contributed by atoms with Crippen molar-refractivity contribution in [3.8, 4) is 5.75 Å². The second-order valence-corrected chi connectivity index (χ2v) is 7.20. The molecular formula is C19H28FN3O3. The van der Waals surface area contributed by atoms with Crippen molar-refractivity contribution in [2.75, 3.05) is 46.4 Å². The van der Waals surface area contributed by atoms with Crippen LogP contribution in [-0.4, -0.2) is 72.8 Å². The fraction of sp³-hybridized carbons (Fsp3) is 0.632. The van der Waals surface area contributed by atoms with Crippen molar-refractivity contribution >= 4 is 5.91 Å². The van der Waals surface area contributed by atoms with E-state index in [-0.39, 0.29) is 18.3 Å². The van der Waals surface area contributed by atoms with Gasteiger partial charge in [0.2, 0.25) is 0 Å². The molecule has 0 aliphatic carbocycles. The van der Waals surface area contributed by atoms with E-state index in [1.165, 1.54) is 13.2 Å². The Morgan fingerprint density at radius 3 is 2.92 bits per heavy atom. The number of rotatable bonds is 5. The second kappa shape index (κ2) is 8.33. The lowest BCUT2D eigenvalue weighted by atomic mass is 9.90. The summed E-state index contributed by atoms with van der Waals surface area (Å²) in [6.07, 6.45) is 2.16. The third-order valence-electron chi connectivity index (χ3n) is 5.24. The molecule has 2 aliphatic heterocycles. The van der Waals surface area contributed by atoms with E-state index in [0.717, 1.165) is 32.6 Å². The number of carbonyl (C=O) groups is 1. The van der Waals surface area contributed by atoms with Crippen molar-refractivity contribution in [3.63, 3.8) is 0 Å². The van der Waals surface area contributed by atoms with Gasteiger partial charge in [0.25, 0.3) is 5.91 Å². The Morgan fingerprint density at radius 2 is 2.12 bits per heavy atom. The van der Waals surface area contributed by atoms with Crippen molar-refractivity contribution < 1.29 is 19.0 Å². The minimum atomic E-state index is -1.39. The maximum atomic E-state index is 14.1. The molecule has 0 saturated carbocycles. The van der Waals surface area contributed by atoms with Gasteiger partial charge in [0, 0.05) is 38.3 Å². The van der Waals surface area contributed by atoms with Crippen LogP contribution in [0.25, 0.3) is 0 Å². The van der Waals surface area contributed by atoms with Crippen LogP contribution in [-0.2, 0) is 11.3 Å². The molecular weight excluding hydrogens is 337 g/mol. The number of aliphatic hydroxyl groups is 1. The van der Waals surface area contributed by atoms with Gasteiger partial charge in [0.1, 0.15) is 11.6 Å². The predicted octanol–water partition coefficient (Wildman–Crippen LogP) is 0.983. The van der Waals surface area contributed by atoms with Gasteiger partial charge >= 0.3 is 0 Å². The molecule has 7 heteroatoms. The van der Waals surface area contributed by atoms with E-state index in [0.29, 0.717) is 37.2 Å². The number of likely N-dealkylation sites (tertiary alicyclic amines) is 1. The highest BCUT2D eigenvalue weighted by Crippen LogP contribution is 2.27. The number of amides is 1. The first-order valence-corrected chi connectivity index (χ1v) is 9.29. The van der Waals surface area contributed by atoms with E-state index in [1.807, 2.05) is 0 Å². The van der Waals surface area contributed by atoms with Crippen LogP contribution in [0, 0.1) is 5.82 Å². The van der Waals surface area contributed by atoms with Gasteiger partial charge in [-0.1, -0.05) is 0 Å². The highest BCUT2D eigenvalue weighted by atomic mass is 19.1. The van der Waals surface area contributed by atoms with Crippen molar-refractivity contribution in [1.82, 2.24) is 15.1 Å². The summed E-state index contributed by atoms with van der Waals surface area (Å²) in [7, 11) is 1.53. The summed E-state index contributed by atoms with van der Waals surface area (Å²) < 4.78 is 19.3. The standard InChI is InChI=1S/C19H28FN3O3/c1-26-16-4-5-17(20)15(12-16)13-23-10-2-6-19(25,18(23)24)14-22-9-3-7-21-8-11-22/h4-5,12,21,25H,2-3,6-11,13-14H2,1H3/t19-/m0/s1. The molecule has 3 rings (SSSR count). The molecule has 2 fully saturated rings. The van der Waals surface area contributed by atoms with Gasteiger partial charge in [-0.3, -0.25) is 9.69 Å². The van der Waals surface area contributed by atoms with Crippen LogP contribution in [0.3, 0.4) is 0 Å². The smallest absolute Gasteiger partial charge is 0.256 e. The first kappa shape index (κ1) is 19.1. The van der Waals surface area contributed by atoms with Gasteiger partial charge in [0.15, 0.2) is 5.60 Å². The molecule has 2 heterocycles. The number of hydrogen-bond acceptors (Lipinski definition) is 5. The van der Waals surface area contributed by atoms with Gasteiger partial charge in [-0.25, -0.2) is 4.39 Å². The van der Waals surface area contributed by atoms with E-state index >= 15 is 0 Å². The molecule has 6 nitrogen and oxygen atoms in total. The number of nitrogens with one attached hydrogen (secondary N) is 1. The number of carbonyl (C=O) groups excluding carboxylic acids is 1. The van der Waals surface area contributed by atoms with Crippen LogP contribution < -0.4 is 10.1 Å². The minimum absolute atomic E-state index is 0.145. The SMILES string of the molecule is COc1ccc(F)c(CN2CCC[C@](O)(CN3CCCNCC3)C2=O)c1. The fourth-order valence-electron chi connectivity index (χ4n) is 3.80. The third kappa shape index (κ3) is 4.34. The van der Waals surface area contributed by atoms with Crippen LogP contribution in [0.1, 0.15) is 24.8 Å². The molecule has 0 spiro atoms. The van der Waals surface area contributed by atoms with Crippen molar-refractivity contribution in [3.05, 3.63) is 29.6 Å².